The largest absolute Gasteiger partial charge is 0.495 e. The van der Waals surface area contributed by atoms with Crippen LogP contribution in [0.5, 0.6) is 5.75 Å². The molecule has 1 fully saturated rings. The lowest BCUT2D eigenvalue weighted by Gasteiger charge is -2.32. The van der Waals surface area contributed by atoms with Crippen molar-refractivity contribution in [3.05, 3.63) is 59.1 Å². The van der Waals surface area contributed by atoms with Crippen LogP contribution in [-0.2, 0) is 26.2 Å². The number of ether oxygens (including phenoxy) is 1. The Bertz CT molecular complexity index is 1150. The molecule has 3 rings (SSSR count). The van der Waals surface area contributed by atoms with E-state index in [2.05, 4.69) is 5.32 Å². The smallest absolute Gasteiger partial charge is 0.244 e. The number of rotatable bonds is 10. The SMILES string of the molecule is COc1ccccc1N(CC(=O)N(Cc1cccc(Cl)c1)[C@@H](C)C(=O)NC1CCCC1)S(C)(=O)=O. The first-order chi connectivity index (χ1) is 16.6. The van der Waals surface area contributed by atoms with E-state index in [0.29, 0.717) is 10.8 Å². The van der Waals surface area contributed by atoms with Crippen molar-refractivity contribution in [2.45, 2.75) is 51.2 Å². The standard InChI is InChI=1S/C25H32ClN3O5S/c1-18(25(31)27-21-11-4-5-12-21)28(16-19-9-8-10-20(26)15-19)24(30)17-29(35(3,32)33)22-13-6-7-14-23(22)34-2/h6-10,13-15,18,21H,4-5,11-12,16-17H2,1-3H3,(H,27,31)/t18-/m0/s1. The minimum absolute atomic E-state index is 0.0918. The molecule has 2 aromatic carbocycles. The molecule has 0 saturated heterocycles. The Kier molecular flexibility index (Phi) is 9.02. The number of carbonyl (C=O) groups is 2. The molecule has 8 nitrogen and oxygen atoms in total. The van der Waals surface area contributed by atoms with E-state index in [0.717, 1.165) is 41.8 Å². The maximum Gasteiger partial charge on any atom is 0.244 e. The van der Waals surface area contributed by atoms with Crippen molar-refractivity contribution in [1.82, 2.24) is 10.2 Å². The summed E-state index contributed by atoms with van der Waals surface area (Å²) in [6.07, 6.45) is 4.98. The molecule has 0 heterocycles. The second-order valence-corrected chi connectivity index (χ2v) is 11.1. The predicted molar refractivity (Wildman–Crippen MR) is 137 cm³/mol. The molecule has 190 valence electrons. The fourth-order valence-electron chi connectivity index (χ4n) is 4.24. The van der Waals surface area contributed by atoms with Crippen molar-refractivity contribution in [1.29, 1.82) is 0 Å². The van der Waals surface area contributed by atoms with E-state index in [1.54, 1.807) is 49.4 Å². The van der Waals surface area contributed by atoms with Gasteiger partial charge >= 0.3 is 0 Å². The molecule has 1 N–H and O–H groups in total. The highest BCUT2D eigenvalue weighted by Gasteiger charge is 2.32. The van der Waals surface area contributed by atoms with Crippen LogP contribution in [0.25, 0.3) is 0 Å². The number of benzene rings is 2. The highest BCUT2D eigenvalue weighted by Crippen LogP contribution is 2.29. The first-order valence-corrected chi connectivity index (χ1v) is 13.8. The van der Waals surface area contributed by atoms with Gasteiger partial charge in [-0.3, -0.25) is 13.9 Å². The van der Waals surface area contributed by atoms with Crippen molar-refractivity contribution in [3.8, 4) is 5.75 Å². The van der Waals surface area contributed by atoms with Gasteiger partial charge in [0.25, 0.3) is 0 Å². The molecule has 0 spiro atoms. The average molecular weight is 522 g/mol. The molecular formula is C25H32ClN3O5S. The first-order valence-electron chi connectivity index (χ1n) is 11.5. The molecule has 2 amide bonds. The van der Waals surface area contributed by atoms with E-state index in [1.807, 2.05) is 6.07 Å². The van der Waals surface area contributed by atoms with Gasteiger partial charge in [0.15, 0.2) is 0 Å². The monoisotopic (exact) mass is 521 g/mol. The topological polar surface area (TPSA) is 96.0 Å². The number of para-hydroxylation sites is 2. The summed E-state index contributed by atoms with van der Waals surface area (Å²) < 4.78 is 31.7. The Balaban J connectivity index is 1.90. The van der Waals surface area contributed by atoms with Crippen molar-refractivity contribution < 1.29 is 22.7 Å². The van der Waals surface area contributed by atoms with E-state index in [-0.39, 0.29) is 24.2 Å². The molecule has 1 saturated carbocycles. The molecular weight excluding hydrogens is 490 g/mol. The molecule has 0 aromatic heterocycles. The number of sulfonamides is 1. The third-order valence-electron chi connectivity index (χ3n) is 6.14. The lowest BCUT2D eigenvalue weighted by molar-refractivity contribution is -0.139. The summed E-state index contributed by atoms with van der Waals surface area (Å²) in [4.78, 5) is 28.1. The van der Waals surface area contributed by atoms with Gasteiger partial charge < -0.3 is 15.0 Å². The van der Waals surface area contributed by atoms with Gasteiger partial charge in [-0.15, -0.1) is 0 Å². The lowest BCUT2D eigenvalue weighted by atomic mass is 10.1. The molecule has 35 heavy (non-hydrogen) atoms. The van der Waals surface area contributed by atoms with E-state index in [1.165, 1.54) is 12.0 Å². The van der Waals surface area contributed by atoms with Gasteiger partial charge in [-0.05, 0) is 49.6 Å². The minimum atomic E-state index is -3.84. The maximum atomic E-state index is 13.6. The third kappa shape index (κ3) is 7.11. The normalized spacial score (nSPS) is 14.9. The summed E-state index contributed by atoms with van der Waals surface area (Å²) in [6, 6.07) is 12.9. The second kappa shape index (κ2) is 11.8. The number of carbonyl (C=O) groups excluding carboxylic acids is 2. The number of hydrogen-bond acceptors (Lipinski definition) is 5. The zero-order valence-corrected chi connectivity index (χ0v) is 21.8. The van der Waals surface area contributed by atoms with Crippen molar-refractivity contribution in [3.63, 3.8) is 0 Å². The number of anilines is 1. The fourth-order valence-corrected chi connectivity index (χ4v) is 5.30. The van der Waals surface area contributed by atoms with Crippen LogP contribution in [0.4, 0.5) is 5.69 Å². The van der Waals surface area contributed by atoms with Gasteiger partial charge in [0.05, 0.1) is 19.1 Å². The minimum Gasteiger partial charge on any atom is -0.495 e. The van der Waals surface area contributed by atoms with Crippen LogP contribution in [0.1, 0.15) is 38.2 Å². The zero-order valence-electron chi connectivity index (χ0n) is 20.2. The van der Waals surface area contributed by atoms with E-state index < -0.39 is 28.5 Å². The van der Waals surface area contributed by atoms with Crippen LogP contribution < -0.4 is 14.4 Å². The predicted octanol–water partition coefficient (Wildman–Crippen LogP) is 3.59. The average Bonchev–Trinajstić information content (AvgIpc) is 3.32. The van der Waals surface area contributed by atoms with Gasteiger partial charge in [0.2, 0.25) is 21.8 Å². The van der Waals surface area contributed by atoms with E-state index >= 15 is 0 Å². The molecule has 1 atom stereocenters. The number of methoxy groups -OCH3 is 1. The van der Waals surface area contributed by atoms with E-state index in [4.69, 9.17) is 16.3 Å². The molecule has 1 aliphatic carbocycles. The Morgan fingerprint density at radius 2 is 1.83 bits per heavy atom. The van der Waals surface area contributed by atoms with Gasteiger partial charge in [0.1, 0.15) is 18.3 Å². The second-order valence-electron chi connectivity index (χ2n) is 8.76. The summed E-state index contributed by atoms with van der Waals surface area (Å²) >= 11 is 6.14. The number of nitrogens with zero attached hydrogens (tertiary/aromatic N) is 2. The molecule has 0 unspecified atom stereocenters. The van der Waals surface area contributed by atoms with Gasteiger partial charge in [-0.25, -0.2) is 8.42 Å². The molecule has 1 aliphatic rings. The van der Waals surface area contributed by atoms with Crippen LogP contribution in [-0.4, -0.2) is 57.1 Å². The highest BCUT2D eigenvalue weighted by atomic mass is 35.5. The number of amides is 2. The zero-order chi connectivity index (χ0) is 25.6. The third-order valence-corrected chi connectivity index (χ3v) is 7.51. The van der Waals surface area contributed by atoms with Gasteiger partial charge in [-0.1, -0.05) is 48.7 Å². The Morgan fingerprint density at radius 3 is 2.46 bits per heavy atom. The summed E-state index contributed by atoms with van der Waals surface area (Å²) in [7, 11) is -2.41. The van der Waals surface area contributed by atoms with E-state index in [9.17, 15) is 18.0 Å². The Hall–Kier alpha value is -2.78. The molecule has 0 bridgehead atoms. The summed E-state index contributed by atoms with van der Waals surface area (Å²) in [5, 5.41) is 3.54. The molecule has 0 radical (unpaired) electrons. The Labute approximate surface area is 212 Å². The van der Waals surface area contributed by atoms with Gasteiger partial charge in [-0.2, -0.15) is 0 Å². The summed E-state index contributed by atoms with van der Waals surface area (Å²) in [5.74, 6) is -0.468. The summed E-state index contributed by atoms with van der Waals surface area (Å²) in [5.41, 5.74) is 0.978. The van der Waals surface area contributed by atoms with Crippen molar-refractivity contribution >= 4 is 39.1 Å². The maximum absolute atomic E-state index is 13.6. The number of nitrogens with one attached hydrogen (secondary N) is 1. The quantitative estimate of drug-likeness (QED) is 0.515. The van der Waals surface area contributed by atoms with Crippen LogP contribution in [0.3, 0.4) is 0 Å². The lowest BCUT2D eigenvalue weighted by Crippen LogP contribution is -2.52. The van der Waals surface area contributed by atoms with Crippen LogP contribution in [0, 0.1) is 0 Å². The molecule has 2 aromatic rings. The van der Waals surface area contributed by atoms with Crippen LogP contribution in [0.2, 0.25) is 5.02 Å². The fraction of sp³-hybridized carbons (Fsp3) is 0.440. The number of hydrogen-bond donors (Lipinski definition) is 1. The molecule has 0 aliphatic heterocycles. The van der Waals surface area contributed by atoms with Crippen LogP contribution >= 0.6 is 11.6 Å². The highest BCUT2D eigenvalue weighted by molar-refractivity contribution is 7.92. The van der Waals surface area contributed by atoms with Crippen molar-refractivity contribution in [2.24, 2.45) is 0 Å². The number of halogens is 1. The first kappa shape index (κ1) is 26.8. The van der Waals surface area contributed by atoms with Gasteiger partial charge in [0, 0.05) is 17.6 Å². The molecule has 10 heteroatoms. The van der Waals surface area contributed by atoms with Crippen LogP contribution in [0.15, 0.2) is 48.5 Å². The van der Waals surface area contributed by atoms with Crippen molar-refractivity contribution in [2.75, 3.05) is 24.2 Å². The Morgan fingerprint density at radius 1 is 1.14 bits per heavy atom. The summed E-state index contributed by atoms with van der Waals surface area (Å²) in [6.45, 7) is 1.27.